The number of anilines is 1. The number of halogens is 1. The van der Waals surface area contributed by atoms with E-state index in [2.05, 4.69) is 5.32 Å². The second kappa shape index (κ2) is 8.69. The summed E-state index contributed by atoms with van der Waals surface area (Å²) in [6.45, 7) is 2.34. The molecular formula is C18H14ClN3O5. The fourth-order valence-electron chi connectivity index (χ4n) is 2.16. The monoisotopic (exact) mass is 387 g/mol. The van der Waals surface area contributed by atoms with Crippen molar-refractivity contribution in [3.63, 3.8) is 0 Å². The average molecular weight is 388 g/mol. The molecule has 0 aromatic heterocycles. The van der Waals surface area contributed by atoms with E-state index in [0.717, 1.165) is 12.1 Å². The number of aromatic hydroxyl groups is 1. The number of nitro groups is 1. The number of nitrogens with zero attached hydrogens (tertiary/aromatic N) is 2. The highest BCUT2D eigenvalue weighted by molar-refractivity contribution is 6.31. The van der Waals surface area contributed by atoms with Crippen molar-refractivity contribution >= 4 is 35.0 Å². The molecule has 0 atom stereocenters. The number of amides is 1. The summed E-state index contributed by atoms with van der Waals surface area (Å²) in [6, 6.07) is 10.4. The van der Waals surface area contributed by atoms with E-state index < -0.39 is 22.3 Å². The van der Waals surface area contributed by atoms with Crippen molar-refractivity contribution in [1.29, 1.82) is 5.26 Å². The van der Waals surface area contributed by atoms with Crippen molar-refractivity contribution in [2.24, 2.45) is 0 Å². The molecule has 2 aromatic carbocycles. The van der Waals surface area contributed by atoms with Gasteiger partial charge >= 0.3 is 5.69 Å². The van der Waals surface area contributed by atoms with Crippen LogP contribution in [0.15, 0.2) is 42.0 Å². The molecule has 9 heteroatoms. The summed E-state index contributed by atoms with van der Waals surface area (Å²) in [5.41, 5.74) is -0.688. The molecule has 0 spiro atoms. The Morgan fingerprint density at radius 3 is 2.63 bits per heavy atom. The first-order valence-electron chi connectivity index (χ1n) is 7.68. The summed E-state index contributed by atoms with van der Waals surface area (Å²) < 4.78 is 5.30. The molecule has 2 rings (SSSR count). The smallest absolute Gasteiger partial charge is 0.312 e. The molecule has 0 radical (unpaired) electrons. The summed E-state index contributed by atoms with van der Waals surface area (Å²) in [4.78, 5) is 22.4. The number of rotatable bonds is 6. The zero-order valence-electron chi connectivity index (χ0n) is 14.1. The minimum Gasteiger partial charge on any atom is -0.502 e. The van der Waals surface area contributed by atoms with Crippen LogP contribution in [0.2, 0.25) is 5.02 Å². The lowest BCUT2D eigenvalue weighted by Crippen LogP contribution is -2.13. The average Bonchev–Trinajstić information content (AvgIpc) is 2.63. The highest BCUT2D eigenvalue weighted by atomic mass is 35.5. The van der Waals surface area contributed by atoms with E-state index in [1.807, 2.05) is 6.92 Å². The molecule has 0 heterocycles. The van der Waals surface area contributed by atoms with Crippen molar-refractivity contribution in [3.05, 3.63) is 62.7 Å². The van der Waals surface area contributed by atoms with E-state index >= 15 is 0 Å². The Morgan fingerprint density at radius 2 is 2.07 bits per heavy atom. The van der Waals surface area contributed by atoms with E-state index in [9.17, 15) is 25.3 Å². The number of carbonyl (C=O) groups excluding carboxylic acids is 1. The first-order valence-corrected chi connectivity index (χ1v) is 8.06. The van der Waals surface area contributed by atoms with Crippen LogP contribution in [-0.2, 0) is 4.79 Å². The minimum atomic E-state index is -0.815. The van der Waals surface area contributed by atoms with E-state index in [-0.39, 0.29) is 16.2 Å². The van der Waals surface area contributed by atoms with Gasteiger partial charge in [0.15, 0.2) is 0 Å². The number of nitro benzene ring substituents is 1. The fraction of sp³-hybridized carbons (Fsp3) is 0.111. The number of nitrogens with one attached hydrogen (secondary N) is 1. The lowest BCUT2D eigenvalue weighted by molar-refractivity contribution is -0.385. The van der Waals surface area contributed by atoms with Crippen LogP contribution in [0.3, 0.4) is 0 Å². The zero-order valence-corrected chi connectivity index (χ0v) is 14.9. The van der Waals surface area contributed by atoms with Crippen molar-refractivity contribution in [2.75, 3.05) is 11.9 Å². The predicted molar refractivity (Wildman–Crippen MR) is 99.6 cm³/mol. The van der Waals surface area contributed by atoms with Crippen LogP contribution in [0.1, 0.15) is 12.5 Å². The van der Waals surface area contributed by atoms with E-state index in [4.69, 9.17) is 16.3 Å². The third-order valence-electron chi connectivity index (χ3n) is 3.37. The molecule has 27 heavy (non-hydrogen) atoms. The number of ether oxygens (including phenoxy) is 1. The SMILES string of the molecule is CCOc1ccc(NC(=O)/C(C#N)=C\c2cc(Cl)cc([N+](=O)[O-])c2O)cc1. The molecule has 0 aliphatic heterocycles. The number of phenols is 1. The lowest BCUT2D eigenvalue weighted by Gasteiger charge is -2.07. The Labute approximate surface area is 159 Å². The van der Waals surface area contributed by atoms with Gasteiger partial charge < -0.3 is 15.2 Å². The van der Waals surface area contributed by atoms with Gasteiger partial charge in [-0.1, -0.05) is 11.6 Å². The molecule has 1 amide bonds. The highest BCUT2D eigenvalue weighted by Gasteiger charge is 2.19. The molecule has 0 unspecified atom stereocenters. The maximum atomic E-state index is 12.3. The van der Waals surface area contributed by atoms with E-state index in [1.165, 1.54) is 6.07 Å². The largest absolute Gasteiger partial charge is 0.502 e. The Kier molecular flexibility index (Phi) is 6.36. The Hall–Kier alpha value is -3.57. The second-order valence-electron chi connectivity index (χ2n) is 5.20. The quantitative estimate of drug-likeness (QED) is 0.335. The third kappa shape index (κ3) is 4.96. The lowest BCUT2D eigenvalue weighted by atomic mass is 10.1. The standard InChI is InChI=1S/C18H14ClN3O5/c1-2-27-15-5-3-14(4-6-15)21-18(24)12(10-20)7-11-8-13(19)9-16(17(11)23)22(25)26/h3-9,23H,2H2,1H3,(H,21,24)/b12-7-. The minimum absolute atomic E-state index is 0.0186. The first kappa shape index (κ1) is 19.8. The molecule has 138 valence electrons. The van der Waals surface area contributed by atoms with Crippen molar-refractivity contribution < 1.29 is 19.6 Å². The molecular weight excluding hydrogens is 374 g/mol. The van der Waals surface area contributed by atoms with Gasteiger partial charge in [-0.3, -0.25) is 14.9 Å². The molecule has 0 fully saturated rings. The highest BCUT2D eigenvalue weighted by Crippen LogP contribution is 2.34. The maximum absolute atomic E-state index is 12.3. The van der Waals surface area contributed by atoms with Crippen molar-refractivity contribution in [3.8, 4) is 17.6 Å². The van der Waals surface area contributed by atoms with Gasteiger partial charge in [-0.15, -0.1) is 0 Å². The van der Waals surface area contributed by atoms with Gasteiger partial charge in [0.25, 0.3) is 5.91 Å². The molecule has 8 nitrogen and oxygen atoms in total. The van der Waals surface area contributed by atoms with Gasteiger partial charge in [0.2, 0.25) is 5.75 Å². The van der Waals surface area contributed by atoms with Gasteiger partial charge in [0.1, 0.15) is 17.4 Å². The normalized spacial score (nSPS) is 10.8. The van der Waals surface area contributed by atoms with Crippen LogP contribution in [-0.4, -0.2) is 22.5 Å². The number of benzene rings is 2. The topological polar surface area (TPSA) is 125 Å². The van der Waals surface area contributed by atoms with Crippen molar-refractivity contribution in [1.82, 2.24) is 0 Å². The molecule has 0 bridgehead atoms. The summed E-state index contributed by atoms with van der Waals surface area (Å²) in [5.74, 6) is -0.808. The van der Waals surface area contributed by atoms with Crippen molar-refractivity contribution in [2.45, 2.75) is 6.92 Å². The molecule has 0 aliphatic rings. The number of hydrogen-bond donors (Lipinski definition) is 2. The van der Waals surface area contributed by atoms with Crippen LogP contribution in [0.4, 0.5) is 11.4 Å². The molecule has 0 saturated carbocycles. The number of hydrogen-bond acceptors (Lipinski definition) is 6. The fourth-order valence-corrected chi connectivity index (χ4v) is 2.38. The van der Waals surface area contributed by atoms with Crippen LogP contribution in [0, 0.1) is 21.4 Å². The van der Waals surface area contributed by atoms with E-state index in [0.29, 0.717) is 18.0 Å². The van der Waals surface area contributed by atoms with Gasteiger partial charge in [0, 0.05) is 22.3 Å². The van der Waals surface area contributed by atoms with Gasteiger partial charge in [-0.25, -0.2) is 0 Å². The van der Waals surface area contributed by atoms with Crippen LogP contribution >= 0.6 is 11.6 Å². The zero-order chi connectivity index (χ0) is 20.0. The van der Waals surface area contributed by atoms with Crippen LogP contribution < -0.4 is 10.1 Å². The third-order valence-corrected chi connectivity index (χ3v) is 3.59. The van der Waals surface area contributed by atoms with Gasteiger partial charge in [-0.05, 0) is 43.3 Å². The molecule has 0 saturated heterocycles. The molecule has 2 N–H and O–H groups in total. The summed E-state index contributed by atoms with van der Waals surface area (Å²) in [7, 11) is 0. The van der Waals surface area contributed by atoms with Gasteiger partial charge in [0.05, 0.1) is 11.5 Å². The Bertz CT molecular complexity index is 949. The van der Waals surface area contributed by atoms with Gasteiger partial charge in [-0.2, -0.15) is 5.26 Å². The summed E-state index contributed by atoms with van der Waals surface area (Å²) in [5, 5.41) is 32.7. The molecule has 0 aliphatic carbocycles. The summed E-state index contributed by atoms with van der Waals surface area (Å²) >= 11 is 5.80. The number of carbonyl (C=O) groups is 1. The van der Waals surface area contributed by atoms with E-state index in [1.54, 1.807) is 30.3 Å². The predicted octanol–water partition coefficient (Wildman–Crippen LogP) is 3.90. The number of phenolic OH excluding ortho intramolecular Hbond substituents is 1. The van der Waals surface area contributed by atoms with Crippen LogP contribution in [0.5, 0.6) is 11.5 Å². The Balaban J connectivity index is 2.29. The first-order chi connectivity index (χ1) is 12.8. The van der Waals surface area contributed by atoms with Crippen LogP contribution in [0.25, 0.3) is 6.08 Å². The maximum Gasteiger partial charge on any atom is 0.312 e. The molecule has 2 aromatic rings. The Morgan fingerprint density at radius 1 is 1.41 bits per heavy atom. The summed E-state index contributed by atoms with van der Waals surface area (Å²) in [6.07, 6.45) is 1.03. The second-order valence-corrected chi connectivity index (χ2v) is 5.64. The number of nitriles is 1.